The maximum Gasteiger partial charge on any atom is 0.416 e. The topological polar surface area (TPSA) is 38.8 Å². The van der Waals surface area contributed by atoms with Crippen LogP contribution in [0, 0.1) is 6.92 Å². The first-order chi connectivity index (χ1) is 19.3. The number of alkyl halides is 3. The lowest BCUT2D eigenvalue weighted by atomic mass is 10.0. The number of halogens is 3. The van der Waals surface area contributed by atoms with E-state index in [1.165, 1.54) is 49.4 Å². The second-order valence-corrected chi connectivity index (χ2v) is 14.6. The van der Waals surface area contributed by atoms with Crippen molar-refractivity contribution in [3.8, 4) is 0 Å². The van der Waals surface area contributed by atoms with E-state index in [1.807, 2.05) is 6.92 Å². The summed E-state index contributed by atoms with van der Waals surface area (Å²) >= 11 is 12.8. The number of hydrogen-bond donors (Lipinski definition) is 0. The Balaban J connectivity index is 0. The van der Waals surface area contributed by atoms with Gasteiger partial charge in [0.15, 0.2) is 0 Å². The summed E-state index contributed by atoms with van der Waals surface area (Å²) in [5.41, 5.74) is -1.19. The number of carbonyl (C=O) groups is 1. The van der Waals surface area contributed by atoms with Gasteiger partial charge in [0.25, 0.3) is 5.91 Å². The fraction of sp³-hybridized carbons (Fsp3) is 0.710. The maximum atomic E-state index is 13.0. The van der Waals surface area contributed by atoms with Gasteiger partial charge in [-0.25, -0.2) is 0 Å². The molecule has 1 atom stereocenters. The molecule has 0 saturated carbocycles. The van der Waals surface area contributed by atoms with Crippen LogP contribution < -0.4 is 0 Å². The van der Waals surface area contributed by atoms with Crippen molar-refractivity contribution >= 4 is 62.8 Å². The number of carbonyl (C=O) groups excluding carboxylic acids is 1. The van der Waals surface area contributed by atoms with Gasteiger partial charge < -0.3 is 9.47 Å². The van der Waals surface area contributed by atoms with E-state index < -0.39 is 23.2 Å². The summed E-state index contributed by atoms with van der Waals surface area (Å²) in [6.07, 6.45) is 3.01. The fourth-order valence-electron chi connectivity index (χ4n) is 3.09. The minimum atomic E-state index is -4.51. The summed E-state index contributed by atoms with van der Waals surface area (Å²) < 4.78 is 51.9. The molecule has 244 valence electrons. The molecule has 1 aromatic carbocycles. The number of thioether (sulfide) groups is 1. The van der Waals surface area contributed by atoms with Gasteiger partial charge in [-0.05, 0) is 110 Å². The fourth-order valence-corrected chi connectivity index (χ4v) is 5.90. The quantitative estimate of drug-likeness (QED) is 0.191. The second-order valence-electron chi connectivity index (χ2n) is 10.8. The van der Waals surface area contributed by atoms with Gasteiger partial charge in [0.1, 0.15) is 0 Å². The molecule has 0 fully saturated rings. The van der Waals surface area contributed by atoms with Crippen LogP contribution >= 0.6 is 48.1 Å². The highest BCUT2D eigenvalue weighted by atomic mass is 32.2. The van der Waals surface area contributed by atoms with E-state index in [0.29, 0.717) is 23.2 Å². The zero-order chi connectivity index (χ0) is 33.1. The van der Waals surface area contributed by atoms with Crippen LogP contribution in [0.1, 0.15) is 129 Å². The monoisotopic (exact) mass is 671 g/mol. The van der Waals surface area contributed by atoms with Crippen molar-refractivity contribution in [2.75, 3.05) is 13.2 Å². The zero-order valence-corrected chi connectivity index (χ0v) is 30.6. The molecule has 4 nitrogen and oxygen atoms in total. The molecular formula is C31H52F3NO3S4. The van der Waals surface area contributed by atoms with Crippen LogP contribution in [0.5, 0.6) is 0 Å². The zero-order valence-electron chi connectivity index (χ0n) is 27.3. The number of thiocarbonyl (C=S) groups is 2. The summed E-state index contributed by atoms with van der Waals surface area (Å²) in [5.74, 6) is -0.552. The number of aryl methyl sites for hydroxylation is 1. The van der Waals surface area contributed by atoms with Crippen molar-refractivity contribution in [1.29, 1.82) is 0 Å². The van der Waals surface area contributed by atoms with Crippen LogP contribution in [0.2, 0.25) is 0 Å². The molecule has 0 radical (unpaired) electrons. The summed E-state index contributed by atoms with van der Waals surface area (Å²) in [4.78, 5) is 12.8. The summed E-state index contributed by atoms with van der Waals surface area (Å²) in [7, 11) is 0. The predicted octanol–water partition coefficient (Wildman–Crippen LogP) is 11.4. The molecule has 1 rings (SSSR count). The molecule has 42 heavy (non-hydrogen) atoms. The molecule has 0 saturated heterocycles. The number of ether oxygens (including phenoxy) is 2. The molecule has 0 N–H and O–H groups in total. The molecule has 0 spiro atoms. The molecule has 0 aliphatic carbocycles. The van der Waals surface area contributed by atoms with Gasteiger partial charge in [-0.2, -0.15) is 13.2 Å². The molecule has 0 heterocycles. The molecule has 0 aliphatic rings. The van der Waals surface area contributed by atoms with E-state index in [-0.39, 0.29) is 14.7 Å². The van der Waals surface area contributed by atoms with Gasteiger partial charge in [0.2, 0.25) is 8.77 Å². The van der Waals surface area contributed by atoms with E-state index in [1.54, 1.807) is 39.5 Å². The number of amides is 1. The first-order valence-corrected chi connectivity index (χ1v) is 17.0. The van der Waals surface area contributed by atoms with Crippen LogP contribution in [-0.4, -0.2) is 42.5 Å². The van der Waals surface area contributed by atoms with E-state index >= 15 is 0 Å². The van der Waals surface area contributed by atoms with E-state index in [4.69, 9.17) is 33.9 Å². The lowest BCUT2D eigenvalue weighted by Crippen LogP contribution is -2.41. The van der Waals surface area contributed by atoms with Crippen molar-refractivity contribution in [1.82, 2.24) is 4.31 Å². The van der Waals surface area contributed by atoms with Crippen LogP contribution in [-0.2, 0) is 15.7 Å². The number of nitrogens with zero attached hydrogens (tertiary/aromatic N) is 1. The number of rotatable bonds is 9. The van der Waals surface area contributed by atoms with Gasteiger partial charge in [0, 0.05) is 27.8 Å². The average Bonchev–Trinajstić information content (AvgIpc) is 2.89. The first-order valence-electron chi connectivity index (χ1n) is 14.6. The third-order valence-corrected chi connectivity index (χ3v) is 8.91. The van der Waals surface area contributed by atoms with Crippen molar-refractivity contribution in [2.45, 2.75) is 131 Å². The first kappa shape index (κ1) is 43.1. The Morgan fingerprint density at radius 1 is 0.857 bits per heavy atom. The summed E-state index contributed by atoms with van der Waals surface area (Å²) in [6.45, 7) is 22.7. The SMILES string of the molecule is CCCC.CCCCC(C)(CC)SC(=S)OCC.CCOC(=S)SN(C(=O)c1cc(C)cc(C(F)(F)F)c1)C(C)(C)C. The molecule has 1 aromatic rings. The van der Waals surface area contributed by atoms with E-state index in [2.05, 4.69) is 34.6 Å². The Kier molecular flexibility index (Phi) is 22.2. The molecular weight excluding hydrogens is 620 g/mol. The Hall–Kier alpha value is -1.04. The van der Waals surface area contributed by atoms with Crippen molar-refractivity contribution in [3.63, 3.8) is 0 Å². The molecule has 0 aromatic heterocycles. The van der Waals surface area contributed by atoms with Crippen LogP contribution in [0.3, 0.4) is 0 Å². The summed E-state index contributed by atoms with van der Waals surface area (Å²) in [5, 5.41) is 0. The highest BCUT2D eigenvalue weighted by Gasteiger charge is 2.34. The van der Waals surface area contributed by atoms with Crippen LogP contribution in [0.4, 0.5) is 13.2 Å². The smallest absolute Gasteiger partial charge is 0.416 e. The number of benzene rings is 1. The lowest BCUT2D eigenvalue weighted by molar-refractivity contribution is -0.137. The highest BCUT2D eigenvalue weighted by molar-refractivity contribution is 8.23. The Morgan fingerprint density at radius 2 is 1.38 bits per heavy atom. The maximum absolute atomic E-state index is 13.0. The number of unbranched alkanes of at least 4 members (excludes halogenated alkanes) is 2. The predicted molar refractivity (Wildman–Crippen MR) is 185 cm³/mol. The Morgan fingerprint density at radius 3 is 1.79 bits per heavy atom. The minimum Gasteiger partial charge on any atom is -0.479 e. The molecule has 0 bridgehead atoms. The molecule has 11 heteroatoms. The summed E-state index contributed by atoms with van der Waals surface area (Å²) in [6, 6.07) is 3.30. The lowest BCUT2D eigenvalue weighted by Gasteiger charge is -2.34. The normalized spacial score (nSPS) is 12.5. The minimum absolute atomic E-state index is 0.0379. The van der Waals surface area contributed by atoms with Gasteiger partial charge in [-0.1, -0.05) is 65.1 Å². The van der Waals surface area contributed by atoms with Gasteiger partial charge in [0.05, 0.1) is 18.8 Å². The third kappa shape index (κ3) is 18.6. The van der Waals surface area contributed by atoms with Crippen molar-refractivity contribution < 1.29 is 27.4 Å². The van der Waals surface area contributed by atoms with Crippen LogP contribution in [0.15, 0.2) is 18.2 Å². The van der Waals surface area contributed by atoms with Crippen LogP contribution in [0.25, 0.3) is 0 Å². The Bertz CT molecular complexity index is 950. The Labute approximate surface area is 272 Å². The van der Waals surface area contributed by atoms with Gasteiger partial charge in [-0.15, -0.1) is 0 Å². The third-order valence-electron chi connectivity index (χ3n) is 5.77. The number of hydrogen-bond acceptors (Lipinski definition) is 7. The van der Waals surface area contributed by atoms with E-state index in [0.717, 1.165) is 30.5 Å². The van der Waals surface area contributed by atoms with Gasteiger partial charge in [-0.3, -0.25) is 9.10 Å². The molecule has 1 unspecified atom stereocenters. The molecule has 1 amide bonds. The molecule has 0 aliphatic heterocycles. The van der Waals surface area contributed by atoms with Crippen molar-refractivity contribution in [2.24, 2.45) is 0 Å². The van der Waals surface area contributed by atoms with Crippen molar-refractivity contribution in [3.05, 3.63) is 34.9 Å². The second kappa shape index (κ2) is 21.6. The van der Waals surface area contributed by atoms with Gasteiger partial charge >= 0.3 is 6.18 Å². The highest BCUT2D eigenvalue weighted by Crippen LogP contribution is 2.35. The average molecular weight is 672 g/mol. The standard InChI is InChI=1S/C16H20F3NO2S2.C11H22OS2.C4H10/c1-6-22-14(23)24-20(15(3,4)5)13(21)11-7-10(2)8-12(9-11)16(17,18)19;1-5-8-9-11(4,6-2)14-10(13)12-7-3;1-3-4-2/h7-9H,6H2,1-5H3;5-9H2,1-4H3;3-4H2,1-2H3. The van der Waals surface area contributed by atoms with E-state index in [9.17, 15) is 18.0 Å². The largest absolute Gasteiger partial charge is 0.479 e.